The summed E-state index contributed by atoms with van der Waals surface area (Å²) in [4.78, 5) is 11.0. The number of rotatable bonds is 2. The molecule has 0 aromatic heterocycles. The van der Waals surface area contributed by atoms with Gasteiger partial charge < -0.3 is 15.2 Å². The molecule has 0 saturated carbocycles. The second-order valence-corrected chi connectivity index (χ2v) is 3.75. The highest BCUT2D eigenvalue weighted by atomic mass is 35.5. The summed E-state index contributed by atoms with van der Waals surface area (Å²) in [5, 5.41) is 12.2. The van der Waals surface area contributed by atoms with Crippen molar-refractivity contribution in [3.05, 3.63) is 34.9 Å². The lowest BCUT2D eigenvalue weighted by Crippen LogP contribution is -2.31. The maximum Gasteiger partial charge on any atom is 0.408 e. The van der Waals surface area contributed by atoms with Gasteiger partial charge in [-0.3, -0.25) is 0 Å². The van der Waals surface area contributed by atoms with E-state index in [-0.39, 0.29) is 6.61 Å². The van der Waals surface area contributed by atoms with Gasteiger partial charge in [-0.25, -0.2) is 4.79 Å². The van der Waals surface area contributed by atoms with Crippen LogP contribution < -0.4 is 5.32 Å². The van der Waals surface area contributed by atoms with Crippen LogP contribution in [0.3, 0.4) is 0 Å². The number of halogens is 1. The van der Waals surface area contributed by atoms with E-state index in [1.807, 2.05) is 0 Å². The van der Waals surface area contributed by atoms with Gasteiger partial charge in [-0.2, -0.15) is 0 Å². The fraction of sp³-hybridized carbons (Fsp3) is 0.300. The van der Waals surface area contributed by atoms with Crippen LogP contribution in [0.4, 0.5) is 4.79 Å². The van der Waals surface area contributed by atoms with Crippen LogP contribution in [0.5, 0.6) is 0 Å². The van der Waals surface area contributed by atoms with Gasteiger partial charge in [0, 0.05) is 5.02 Å². The number of benzene rings is 1. The molecule has 4 nitrogen and oxygen atoms in total. The molecule has 0 radical (unpaired) electrons. The molecular formula is C10H10ClNO3. The maximum absolute atomic E-state index is 11.0. The minimum atomic E-state index is -0.515. The molecule has 5 heteroatoms. The van der Waals surface area contributed by atoms with Crippen molar-refractivity contribution in [3.8, 4) is 0 Å². The summed E-state index contributed by atoms with van der Waals surface area (Å²) in [7, 11) is 0. The van der Waals surface area contributed by atoms with Gasteiger partial charge in [-0.1, -0.05) is 23.7 Å². The number of ether oxygens (including phenoxy) is 1. The van der Waals surface area contributed by atoms with Gasteiger partial charge in [0.15, 0.2) is 6.10 Å². The Hall–Kier alpha value is -1.26. The van der Waals surface area contributed by atoms with Crippen molar-refractivity contribution in [3.63, 3.8) is 0 Å². The molecule has 15 heavy (non-hydrogen) atoms. The monoisotopic (exact) mass is 227 g/mol. The highest BCUT2D eigenvalue weighted by molar-refractivity contribution is 6.30. The van der Waals surface area contributed by atoms with E-state index in [4.69, 9.17) is 21.4 Å². The molecule has 0 spiro atoms. The van der Waals surface area contributed by atoms with Crippen molar-refractivity contribution in [1.82, 2.24) is 5.32 Å². The number of aliphatic hydroxyl groups excluding tert-OH is 1. The summed E-state index contributed by atoms with van der Waals surface area (Å²) in [5.74, 6) is 0. The topological polar surface area (TPSA) is 58.6 Å². The number of carbonyl (C=O) groups excluding carboxylic acids is 1. The Kier molecular flexibility index (Phi) is 2.79. The van der Waals surface area contributed by atoms with Crippen LogP contribution >= 0.6 is 11.6 Å². The number of alkyl carbamates (subject to hydrolysis) is 1. The Labute approximate surface area is 91.8 Å². The number of nitrogens with one attached hydrogen (secondary N) is 1. The first-order valence-corrected chi connectivity index (χ1v) is 4.92. The molecule has 1 aliphatic rings. The standard InChI is InChI=1S/C10H10ClNO3/c11-7-3-1-2-6(4-7)9-8(5-13)12-10(14)15-9/h1-4,8-9,13H,5H2,(H,12,14). The Balaban J connectivity index is 2.26. The predicted molar refractivity (Wildman–Crippen MR) is 54.7 cm³/mol. The molecule has 0 aliphatic carbocycles. The lowest BCUT2D eigenvalue weighted by Gasteiger charge is -2.14. The molecule has 1 aromatic rings. The van der Waals surface area contributed by atoms with Crippen LogP contribution in [-0.4, -0.2) is 23.8 Å². The fourth-order valence-corrected chi connectivity index (χ4v) is 1.78. The van der Waals surface area contributed by atoms with Crippen LogP contribution in [0.15, 0.2) is 24.3 Å². The molecule has 1 aliphatic heterocycles. The molecule has 2 atom stereocenters. The van der Waals surface area contributed by atoms with E-state index in [0.717, 1.165) is 5.56 Å². The van der Waals surface area contributed by atoms with Crippen LogP contribution in [0.2, 0.25) is 5.02 Å². The van der Waals surface area contributed by atoms with Gasteiger partial charge in [0.25, 0.3) is 0 Å². The van der Waals surface area contributed by atoms with Crippen molar-refractivity contribution in [2.75, 3.05) is 6.61 Å². The van der Waals surface area contributed by atoms with Crippen molar-refractivity contribution in [2.24, 2.45) is 0 Å². The predicted octanol–water partition coefficient (Wildman–Crippen LogP) is 1.48. The van der Waals surface area contributed by atoms with Gasteiger partial charge in [-0.05, 0) is 17.7 Å². The van der Waals surface area contributed by atoms with E-state index in [1.54, 1.807) is 24.3 Å². The van der Waals surface area contributed by atoms with Gasteiger partial charge in [0.1, 0.15) is 0 Å². The number of cyclic esters (lactones) is 1. The molecule has 0 bridgehead atoms. The third-order valence-electron chi connectivity index (χ3n) is 2.28. The molecule has 2 N–H and O–H groups in total. The summed E-state index contributed by atoms with van der Waals surface area (Å²) in [6, 6.07) is 6.63. The number of carbonyl (C=O) groups is 1. The van der Waals surface area contributed by atoms with Crippen LogP contribution in [0.25, 0.3) is 0 Å². The first-order chi connectivity index (χ1) is 7.20. The molecular weight excluding hydrogens is 218 g/mol. The van der Waals surface area contributed by atoms with Crippen molar-refractivity contribution in [1.29, 1.82) is 0 Å². The zero-order chi connectivity index (χ0) is 10.8. The zero-order valence-corrected chi connectivity index (χ0v) is 8.57. The van der Waals surface area contributed by atoms with Crippen LogP contribution in [-0.2, 0) is 4.74 Å². The second-order valence-electron chi connectivity index (χ2n) is 3.31. The quantitative estimate of drug-likeness (QED) is 0.805. The van der Waals surface area contributed by atoms with Gasteiger partial charge >= 0.3 is 6.09 Å². The molecule has 1 fully saturated rings. The lowest BCUT2D eigenvalue weighted by atomic mass is 10.0. The van der Waals surface area contributed by atoms with E-state index in [9.17, 15) is 4.79 Å². The van der Waals surface area contributed by atoms with Crippen molar-refractivity contribution < 1.29 is 14.6 Å². The Morgan fingerprint density at radius 2 is 2.33 bits per heavy atom. The molecule has 1 heterocycles. The van der Waals surface area contributed by atoms with Gasteiger partial charge in [-0.15, -0.1) is 0 Å². The number of hydrogen-bond acceptors (Lipinski definition) is 3. The smallest absolute Gasteiger partial charge is 0.408 e. The summed E-state index contributed by atoms with van der Waals surface area (Å²) in [6.07, 6.45) is -0.986. The fourth-order valence-electron chi connectivity index (χ4n) is 1.58. The minimum Gasteiger partial charge on any atom is -0.439 e. The minimum absolute atomic E-state index is 0.164. The van der Waals surface area contributed by atoms with E-state index in [1.165, 1.54) is 0 Å². The van der Waals surface area contributed by atoms with E-state index < -0.39 is 18.2 Å². The summed E-state index contributed by atoms with van der Waals surface area (Å²) in [5.41, 5.74) is 0.778. The number of aliphatic hydroxyl groups is 1. The summed E-state index contributed by atoms with van der Waals surface area (Å²) >= 11 is 5.83. The number of amides is 1. The molecule has 1 saturated heterocycles. The molecule has 1 amide bonds. The normalized spacial score (nSPS) is 24.8. The first-order valence-electron chi connectivity index (χ1n) is 4.54. The third-order valence-corrected chi connectivity index (χ3v) is 2.51. The SMILES string of the molecule is O=C1NC(CO)C(c2cccc(Cl)c2)O1. The van der Waals surface area contributed by atoms with E-state index >= 15 is 0 Å². The Bertz CT molecular complexity index is 383. The summed E-state index contributed by atoms with van der Waals surface area (Å²) in [6.45, 7) is -0.164. The highest BCUT2D eigenvalue weighted by Crippen LogP contribution is 2.27. The zero-order valence-electron chi connectivity index (χ0n) is 7.81. The van der Waals surface area contributed by atoms with E-state index in [0.29, 0.717) is 5.02 Å². The van der Waals surface area contributed by atoms with Crippen LogP contribution in [0, 0.1) is 0 Å². The van der Waals surface area contributed by atoms with Gasteiger partial charge in [0.05, 0.1) is 12.6 Å². The van der Waals surface area contributed by atoms with E-state index in [2.05, 4.69) is 5.32 Å². The Morgan fingerprint density at radius 1 is 1.53 bits per heavy atom. The molecule has 1 aromatic carbocycles. The summed E-state index contributed by atoms with van der Waals surface area (Å²) < 4.78 is 5.04. The first kappa shape index (κ1) is 10.3. The molecule has 2 unspecified atom stereocenters. The lowest BCUT2D eigenvalue weighted by molar-refractivity contribution is 0.119. The largest absolute Gasteiger partial charge is 0.439 e. The average molecular weight is 228 g/mol. The average Bonchev–Trinajstić information content (AvgIpc) is 2.59. The van der Waals surface area contributed by atoms with Crippen molar-refractivity contribution >= 4 is 17.7 Å². The second kappa shape index (κ2) is 4.08. The highest BCUT2D eigenvalue weighted by Gasteiger charge is 2.34. The Morgan fingerprint density at radius 3 is 3.00 bits per heavy atom. The molecule has 80 valence electrons. The van der Waals surface area contributed by atoms with Gasteiger partial charge in [0.2, 0.25) is 0 Å². The number of hydrogen-bond donors (Lipinski definition) is 2. The molecule has 2 rings (SSSR count). The van der Waals surface area contributed by atoms with Crippen molar-refractivity contribution in [2.45, 2.75) is 12.1 Å². The maximum atomic E-state index is 11.0. The third kappa shape index (κ3) is 2.06. The van der Waals surface area contributed by atoms with Crippen LogP contribution in [0.1, 0.15) is 11.7 Å².